The van der Waals surface area contributed by atoms with Crippen LogP contribution in [0.2, 0.25) is 0 Å². The van der Waals surface area contributed by atoms with Crippen LogP contribution in [-0.4, -0.2) is 29.5 Å². The van der Waals surface area contributed by atoms with Crippen molar-refractivity contribution in [3.05, 3.63) is 48.5 Å². The SMILES string of the molecule is CC.CCN(CC)CC.Nc1c2ccccc2nc2c1oc1ccccc12. The number of para-hydroxylation sites is 2. The van der Waals surface area contributed by atoms with Crippen molar-refractivity contribution in [3.8, 4) is 0 Å². The van der Waals surface area contributed by atoms with Gasteiger partial charge in [-0.3, -0.25) is 0 Å². The predicted molar refractivity (Wildman–Crippen MR) is 118 cm³/mol. The van der Waals surface area contributed by atoms with E-state index in [0.717, 1.165) is 27.4 Å². The van der Waals surface area contributed by atoms with Gasteiger partial charge in [0.1, 0.15) is 11.1 Å². The first-order valence-electron chi connectivity index (χ1n) is 9.87. The maximum absolute atomic E-state index is 6.18. The molecule has 4 rings (SSSR count). The first-order valence-corrected chi connectivity index (χ1v) is 9.87. The summed E-state index contributed by atoms with van der Waals surface area (Å²) in [7, 11) is 0. The number of benzene rings is 2. The van der Waals surface area contributed by atoms with E-state index >= 15 is 0 Å². The molecule has 0 unspecified atom stereocenters. The van der Waals surface area contributed by atoms with E-state index in [4.69, 9.17) is 10.2 Å². The zero-order valence-corrected chi connectivity index (χ0v) is 17.1. The summed E-state index contributed by atoms with van der Waals surface area (Å²) in [5.74, 6) is 0. The third-order valence-corrected chi connectivity index (χ3v) is 4.58. The lowest BCUT2D eigenvalue weighted by atomic mass is 10.1. The zero-order valence-electron chi connectivity index (χ0n) is 17.1. The van der Waals surface area contributed by atoms with Crippen LogP contribution in [0.4, 0.5) is 5.69 Å². The van der Waals surface area contributed by atoms with E-state index in [1.807, 2.05) is 62.4 Å². The Labute approximate surface area is 162 Å². The molecule has 27 heavy (non-hydrogen) atoms. The molecule has 0 radical (unpaired) electrons. The molecule has 0 aliphatic rings. The van der Waals surface area contributed by atoms with Crippen molar-refractivity contribution in [1.82, 2.24) is 9.88 Å². The number of furan rings is 1. The van der Waals surface area contributed by atoms with Gasteiger partial charge in [0.25, 0.3) is 0 Å². The first-order chi connectivity index (χ1) is 13.2. The highest BCUT2D eigenvalue weighted by Gasteiger charge is 2.13. The molecular formula is C23H31N3O. The van der Waals surface area contributed by atoms with Crippen LogP contribution in [0.25, 0.3) is 33.0 Å². The number of nitrogen functional groups attached to an aromatic ring is 1. The number of fused-ring (bicyclic) bond motifs is 4. The van der Waals surface area contributed by atoms with E-state index in [1.165, 1.54) is 19.6 Å². The van der Waals surface area contributed by atoms with E-state index in [0.29, 0.717) is 11.3 Å². The summed E-state index contributed by atoms with van der Waals surface area (Å²) >= 11 is 0. The highest BCUT2D eigenvalue weighted by atomic mass is 16.3. The molecule has 4 heteroatoms. The molecule has 2 heterocycles. The second-order valence-corrected chi connectivity index (χ2v) is 5.94. The first kappa shape index (κ1) is 20.7. The monoisotopic (exact) mass is 365 g/mol. The van der Waals surface area contributed by atoms with Crippen LogP contribution in [0.5, 0.6) is 0 Å². The smallest absolute Gasteiger partial charge is 0.177 e. The molecule has 0 aliphatic heterocycles. The summed E-state index contributed by atoms with van der Waals surface area (Å²) in [4.78, 5) is 7.03. The molecule has 0 atom stereocenters. The van der Waals surface area contributed by atoms with Crippen LogP contribution in [0.15, 0.2) is 52.9 Å². The number of rotatable bonds is 3. The van der Waals surface area contributed by atoms with Crippen LogP contribution in [0.3, 0.4) is 0 Å². The Morgan fingerprint density at radius 3 is 2.00 bits per heavy atom. The Balaban J connectivity index is 0.000000250. The van der Waals surface area contributed by atoms with E-state index < -0.39 is 0 Å². The molecule has 2 aromatic heterocycles. The van der Waals surface area contributed by atoms with Gasteiger partial charge in [0.15, 0.2) is 5.58 Å². The largest absolute Gasteiger partial charge is 0.452 e. The van der Waals surface area contributed by atoms with Crippen LogP contribution < -0.4 is 5.73 Å². The van der Waals surface area contributed by atoms with Crippen LogP contribution in [0.1, 0.15) is 34.6 Å². The number of nitrogens with zero attached hydrogens (tertiary/aromatic N) is 2. The van der Waals surface area contributed by atoms with Crippen LogP contribution >= 0.6 is 0 Å². The molecule has 2 aromatic carbocycles. The summed E-state index contributed by atoms with van der Waals surface area (Å²) in [6, 6.07) is 15.7. The van der Waals surface area contributed by atoms with Crippen LogP contribution in [0, 0.1) is 0 Å². The highest BCUT2D eigenvalue weighted by molar-refractivity contribution is 6.12. The van der Waals surface area contributed by atoms with Crippen molar-refractivity contribution in [2.24, 2.45) is 0 Å². The van der Waals surface area contributed by atoms with E-state index in [1.54, 1.807) is 0 Å². The van der Waals surface area contributed by atoms with Crippen molar-refractivity contribution < 1.29 is 4.42 Å². The van der Waals surface area contributed by atoms with E-state index in [-0.39, 0.29) is 0 Å². The van der Waals surface area contributed by atoms with Gasteiger partial charge in [-0.15, -0.1) is 0 Å². The standard InChI is InChI=1S/C15H10N2O.C6H15N.C2H6/c16-13-9-5-1-3-7-11(9)17-14-10-6-2-4-8-12(10)18-15(13)14;1-4-7(5-2)6-3;1-2/h1-8H,(H2,16,17);4-6H2,1-3H3;1-2H3. The van der Waals surface area contributed by atoms with Crippen molar-refractivity contribution in [1.29, 1.82) is 0 Å². The van der Waals surface area contributed by atoms with Crippen molar-refractivity contribution >= 4 is 38.7 Å². The van der Waals surface area contributed by atoms with E-state index in [2.05, 4.69) is 30.7 Å². The van der Waals surface area contributed by atoms with Gasteiger partial charge in [0, 0.05) is 10.8 Å². The summed E-state index contributed by atoms with van der Waals surface area (Å²) in [5.41, 5.74) is 10.1. The molecule has 0 spiro atoms. The molecule has 0 bridgehead atoms. The molecule has 0 saturated heterocycles. The summed E-state index contributed by atoms with van der Waals surface area (Å²) in [6.07, 6.45) is 0. The van der Waals surface area contributed by atoms with Gasteiger partial charge < -0.3 is 15.1 Å². The van der Waals surface area contributed by atoms with Crippen LogP contribution in [-0.2, 0) is 0 Å². The fraction of sp³-hybridized carbons (Fsp3) is 0.348. The highest BCUT2D eigenvalue weighted by Crippen LogP contribution is 2.34. The molecule has 4 aromatic rings. The lowest BCUT2D eigenvalue weighted by Gasteiger charge is -2.13. The number of hydrogen-bond acceptors (Lipinski definition) is 4. The average molecular weight is 366 g/mol. The Morgan fingerprint density at radius 2 is 1.41 bits per heavy atom. The molecular weight excluding hydrogens is 334 g/mol. The predicted octanol–water partition coefficient (Wildman–Crippen LogP) is 6.09. The summed E-state index contributed by atoms with van der Waals surface area (Å²) in [5, 5.41) is 1.94. The summed E-state index contributed by atoms with van der Waals surface area (Å²) in [6.45, 7) is 14.1. The third-order valence-electron chi connectivity index (χ3n) is 4.58. The number of hydrogen-bond donors (Lipinski definition) is 1. The molecule has 144 valence electrons. The van der Waals surface area contributed by atoms with Gasteiger partial charge in [-0.2, -0.15) is 0 Å². The fourth-order valence-electron chi connectivity index (χ4n) is 3.04. The Bertz CT molecular complexity index is 981. The summed E-state index contributed by atoms with van der Waals surface area (Å²) < 4.78 is 5.80. The number of nitrogens with two attached hydrogens (primary N) is 1. The quantitative estimate of drug-likeness (QED) is 0.477. The molecule has 0 amide bonds. The molecule has 4 nitrogen and oxygen atoms in total. The van der Waals surface area contributed by atoms with Gasteiger partial charge in [-0.1, -0.05) is 65.0 Å². The van der Waals surface area contributed by atoms with E-state index in [9.17, 15) is 0 Å². The van der Waals surface area contributed by atoms with Gasteiger partial charge in [0.05, 0.1) is 11.2 Å². The maximum Gasteiger partial charge on any atom is 0.177 e. The van der Waals surface area contributed by atoms with Gasteiger partial charge >= 0.3 is 0 Å². The minimum Gasteiger partial charge on any atom is -0.452 e. The normalized spacial score (nSPS) is 10.6. The zero-order chi connectivity index (χ0) is 19.8. The van der Waals surface area contributed by atoms with Gasteiger partial charge in [-0.25, -0.2) is 4.98 Å². The Kier molecular flexibility index (Phi) is 7.62. The number of anilines is 1. The second kappa shape index (κ2) is 9.93. The molecule has 0 saturated carbocycles. The fourth-order valence-corrected chi connectivity index (χ4v) is 3.04. The van der Waals surface area contributed by atoms with Crippen molar-refractivity contribution in [3.63, 3.8) is 0 Å². The minimum absolute atomic E-state index is 0.659. The van der Waals surface area contributed by atoms with Crippen molar-refractivity contribution in [2.45, 2.75) is 34.6 Å². The number of pyridine rings is 1. The Morgan fingerprint density at radius 1 is 0.852 bits per heavy atom. The molecule has 0 fully saturated rings. The second-order valence-electron chi connectivity index (χ2n) is 5.94. The topological polar surface area (TPSA) is 55.3 Å². The van der Waals surface area contributed by atoms with Gasteiger partial charge in [-0.05, 0) is 37.8 Å². The maximum atomic E-state index is 6.18. The Hall–Kier alpha value is -2.59. The lowest BCUT2D eigenvalue weighted by molar-refractivity contribution is 0.321. The third kappa shape index (κ3) is 4.40. The average Bonchev–Trinajstić information content (AvgIpc) is 3.11. The lowest BCUT2D eigenvalue weighted by Crippen LogP contribution is -2.21. The van der Waals surface area contributed by atoms with Crippen molar-refractivity contribution in [2.75, 3.05) is 25.4 Å². The number of aromatic nitrogens is 1. The molecule has 0 aliphatic carbocycles. The molecule has 2 N–H and O–H groups in total. The van der Waals surface area contributed by atoms with Gasteiger partial charge in [0.2, 0.25) is 0 Å². The minimum atomic E-state index is 0.659.